The summed E-state index contributed by atoms with van der Waals surface area (Å²) in [4.78, 5) is 24.1. The molecular formula is C20H17Cl2N3O2. The Morgan fingerprint density at radius 3 is 2.52 bits per heavy atom. The lowest BCUT2D eigenvalue weighted by Gasteiger charge is -2.08. The Labute approximate surface area is 166 Å². The van der Waals surface area contributed by atoms with E-state index >= 15 is 0 Å². The Bertz CT molecular complexity index is 1000. The summed E-state index contributed by atoms with van der Waals surface area (Å²) in [6, 6.07) is 17.6. The average molecular weight is 402 g/mol. The highest BCUT2D eigenvalue weighted by Crippen LogP contribution is 2.19. The Balaban J connectivity index is 1.61. The quantitative estimate of drug-likeness (QED) is 0.680. The molecule has 0 radical (unpaired) electrons. The van der Waals surface area contributed by atoms with Crippen LogP contribution in [0.15, 0.2) is 65.5 Å². The van der Waals surface area contributed by atoms with Crippen molar-refractivity contribution in [2.75, 3.05) is 0 Å². The molecule has 2 aromatic carbocycles. The zero-order valence-electron chi connectivity index (χ0n) is 14.4. The summed E-state index contributed by atoms with van der Waals surface area (Å²) in [7, 11) is 0. The maximum absolute atomic E-state index is 12.1. The molecule has 1 amide bonds. The number of carbonyl (C=O) groups is 1. The van der Waals surface area contributed by atoms with Crippen LogP contribution in [-0.4, -0.2) is 15.7 Å². The van der Waals surface area contributed by atoms with E-state index in [2.05, 4.69) is 10.4 Å². The Hall–Kier alpha value is -2.63. The van der Waals surface area contributed by atoms with Gasteiger partial charge in [-0.05, 0) is 35.9 Å². The van der Waals surface area contributed by atoms with E-state index in [-0.39, 0.29) is 24.4 Å². The number of rotatable bonds is 6. The van der Waals surface area contributed by atoms with Gasteiger partial charge in [0.1, 0.15) is 0 Å². The summed E-state index contributed by atoms with van der Waals surface area (Å²) < 4.78 is 1.29. The van der Waals surface area contributed by atoms with Gasteiger partial charge in [-0.3, -0.25) is 9.59 Å². The summed E-state index contributed by atoms with van der Waals surface area (Å²) in [5, 5.41) is 8.39. The first-order valence-electron chi connectivity index (χ1n) is 8.36. The van der Waals surface area contributed by atoms with Crippen LogP contribution >= 0.6 is 23.2 Å². The van der Waals surface area contributed by atoms with E-state index in [0.717, 1.165) is 11.1 Å². The third-order valence-electron chi connectivity index (χ3n) is 3.94. The van der Waals surface area contributed by atoms with Gasteiger partial charge in [-0.1, -0.05) is 47.5 Å². The predicted molar refractivity (Wildman–Crippen MR) is 107 cm³/mol. The molecule has 3 rings (SSSR count). The summed E-state index contributed by atoms with van der Waals surface area (Å²) in [5.74, 6) is -0.160. The maximum atomic E-state index is 12.1. The Morgan fingerprint density at radius 2 is 1.78 bits per heavy atom. The van der Waals surface area contributed by atoms with E-state index < -0.39 is 0 Å². The second-order valence-electron chi connectivity index (χ2n) is 5.94. The number of amides is 1. The third-order valence-corrected chi connectivity index (χ3v) is 4.43. The average Bonchev–Trinajstić information content (AvgIpc) is 2.67. The molecule has 0 saturated carbocycles. The second kappa shape index (κ2) is 8.84. The molecule has 7 heteroatoms. The van der Waals surface area contributed by atoms with Gasteiger partial charge in [-0.25, -0.2) is 4.68 Å². The molecule has 0 saturated heterocycles. The van der Waals surface area contributed by atoms with Crippen molar-refractivity contribution in [2.45, 2.75) is 19.5 Å². The first-order valence-corrected chi connectivity index (χ1v) is 9.12. The molecule has 0 unspecified atom stereocenters. The van der Waals surface area contributed by atoms with E-state index in [1.54, 1.807) is 30.3 Å². The van der Waals surface area contributed by atoms with Crippen molar-refractivity contribution < 1.29 is 4.79 Å². The minimum atomic E-state index is -0.258. The number of hydrogen-bond acceptors (Lipinski definition) is 3. The van der Waals surface area contributed by atoms with Crippen LogP contribution in [0, 0.1) is 0 Å². The Morgan fingerprint density at radius 1 is 1.00 bits per heavy atom. The molecule has 0 aliphatic rings. The molecule has 1 heterocycles. The van der Waals surface area contributed by atoms with Gasteiger partial charge in [0.05, 0.1) is 12.2 Å². The van der Waals surface area contributed by atoms with Crippen molar-refractivity contribution in [2.24, 2.45) is 0 Å². The van der Waals surface area contributed by atoms with Crippen molar-refractivity contribution >= 4 is 29.1 Å². The highest BCUT2D eigenvalue weighted by atomic mass is 35.5. The standard InChI is InChI=1S/C20H17Cl2N3O2/c21-16-6-4-14(5-7-16)13-23-19(26)10-11-25-20(27)9-8-18(24-25)15-2-1-3-17(22)12-15/h1-9,12H,10-11,13H2,(H,23,26). The number of carbonyl (C=O) groups excluding carboxylic acids is 1. The smallest absolute Gasteiger partial charge is 0.266 e. The summed E-state index contributed by atoms with van der Waals surface area (Å²) in [6.45, 7) is 0.598. The van der Waals surface area contributed by atoms with Gasteiger partial charge in [0, 0.05) is 34.6 Å². The molecule has 0 fully saturated rings. The lowest BCUT2D eigenvalue weighted by molar-refractivity contribution is -0.121. The van der Waals surface area contributed by atoms with Crippen LogP contribution in [0.25, 0.3) is 11.3 Å². The minimum absolute atomic E-state index is 0.152. The molecule has 1 aromatic heterocycles. The van der Waals surface area contributed by atoms with Crippen LogP contribution in [0.2, 0.25) is 10.0 Å². The summed E-state index contributed by atoms with van der Waals surface area (Å²) in [5.41, 5.74) is 2.12. The van der Waals surface area contributed by atoms with Gasteiger partial charge >= 0.3 is 0 Å². The second-order valence-corrected chi connectivity index (χ2v) is 6.82. The fourth-order valence-corrected chi connectivity index (χ4v) is 2.83. The van der Waals surface area contributed by atoms with E-state index in [9.17, 15) is 9.59 Å². The summed E-state index contributed by atoms with van der Waals surface area (Å²) in [6.07, 6.45) is 0.152. The van der Waals surface area contributed by atoms with Crippen LogP contribution in [0.3, 0.4) is 0 Å². The number of aryl methyl sites for hydroxylation is 1. The zero-order valence-corrected chi connectivity index (χ0v) is 15.9. The van der Waals surface area contributed by atoms with Crippen LogP contribution in [-0.2, 0) is 17.9 Å². The van der Waals surface area contributed by atoms with Gasteiger partial charge in [0.25, 0.3) is 5.56 Å². The van der Waals surface area contributed by atoms with Crippen molar-refractivity contribution in [1.82, 2.24) is 15.1 Å². The van der Waals surface area contributed by atoms with Crippen LogP contribution < -0.4 is 10.9 Å². The first-order chi connectivity index (χ1) is 13.0. The lowest BCUT2D eigenvalue weighted by Crippen LogP contribution is -2.28. The molecule has 27 heavy (non-hydrogen) atoms. The van der Waals surface area contributed by atoms with E-state index in [1.165, 1.54) is 10.7 Å². The Kier molecular flexibility index (Phi) is 6.27. The minimum Gasteiger partial charge on any atom is -0.352 e. The number of nitrogens with one attached hydrogen (secondary N) is 1. The van der Waals surface area contributed by atoms with Gasteiger partial charge in [0.15, 0.2) is 0 Å². The molecule has 1 N–H and O–H groups in total. The molecule has 0 spiro atoms. The fourth-order valence-electron chi connectivity index (χ4n) is 2.51. The SMILES string of the molecule is O=C(CCn1nc(-c2cccc(Cl)c2)ccc1=O)NCc1ccc(Cl)cc1. The predicted octanol–water partition coefficient (Wildman–Crippen LogP) is 3.92. The zero-order chi connectivity index (χ0) is 19.2. The van der Waals surface area contributed by atoms with Gasteiger partial charge in [-0.15, -0.1) is 0 Å². The van der Waals surface area contributed by atoms with Crippen LogP contribution in [0.4, 0.5) is 0 Å². The number of aromatic nitrogens is 2. The van der Waals surface area contributed by atoms with Crippen molar-refractivity contribution in [3.05, 3.63) is 86.6 Å². The van der Waals surface area contributed by atoms with Gasteiger partial charge in [-0.2, -0.15) is 5.10 Å². The number of nitrogens with zero attached hydrogens (tertiary/aromatic N) is 2. The molecule has 0 bridgehead atoms. The highest BCUT2D eigenvalue weighted by Gasteiger charge is 2.07. The summed E-state index contributed by atoms with van der Waals surface area (Å²) >= 11 is 11.8. The molecule has 5 nitrogen and oxygen atoms in total. The first kappa shape index (κ1) is 19.1. The van der Waals surface area contributed by atoms with Gasteiger partial charge in [0.2, 0.25) is 5.91 Å². The molecule has 0 aliphatic carbocycles. The molecule has 0 atom stereocenters. The highest BCUT2D eigenvalue weighted by molar-refractivity contribution is 6.31. The van der Waals surface area contributed by atoms with E-state index in [0.29, 0.717) is 22.3 Å². The van der Waals surface area contributed by atoms with Gasteiger partial charge < -0.3 is 5.32 Å². The topological polar surface area (TPSA) is 64.0 Å². The monoisotopic (exact) mass is 401 g/mol. The number of benzene rings is 2. The van der Waals surface area contributed by atoms with Crippen LogP contribution in [0.1, 0.15) is 12.0 Å². The molecule has 0 aliphatic heterocycles. The van der Waals surface area contributed by atoms with Crippen molar-refractivity contribution in [1.29, 1.82) is 0 Å². The fraction of sp³-hybridized carbons (Fsp3) is 0.150. The van der Waals surface area contributed by atoms with Crippen molar-refractivity contribution in [3.63, 3.8) is 0 Å². The van der Waals surface area contributed by atoms with E-state index in [4.69, 9.17) is 23.2 Å². The number of hydrogen-bond donors (Lipinski definition) is 1. The third kappa shape index (κ3) is 5.42. The maximum Gasteiger partial charge on any atom is 0.266 e. The number of halogens is 2. The van der Waals surface area contributed by atoms with Crippen molar-refractivity contribution in [3.8, 4) is 11.3 Å². The normalized spacial score (nSPS) is 10.6. The lowest BCUT2D eigenvalue weighted by atomic mass is 10.1. The largest absolute Gasteiger partial charge is 0.352 e. The molecular weight excluding hydrogens is 385 g/mol. The molecule has 3 aromatic rings. The molecule has 138 valence electrons. The van der Waals surface area contributed by atoms with E-state index in [1.807, 2.05) is 24.3 Å². The van der Waals surface area contributed by atoms with Crippen LogP contribution in [0.5, 0.6) is 0 Å².